The Morgan fingerprint density at radius 1 is 0.935 bits per heavy atom. The van der Waals surface area contributed by atoms with Crippen molar-refractivity contribution in [1.82, 2.24) is 10.2 Å². The van der Waals surface area contributed by atoms with Crippen molar-refractivity contribution in [1.29, 1.82) is 0 Å². The van der Waals surface area contributed by atoms with Gasteiger partial charge in [0.05, 0.1) is 17.7 Å². The fourth-order valence-corrected chi connectivity index (χ4v) is 3.71. The van der Waals surface area contributed by atoms with Crippen LogP contribution in [-0.2, 0) is 4.79 Å². The highest BCUT2D eigenvalue weighted by Gasteiger charge is 2.34. The van der Waals surface area contributed by atoms with E-state index in [9.17, 15) is 14.4 Å². The predicted molar refractivity (Wildman–Crippen MR) is 118 cm³/mol. The van der Waals surface area contributed by atoms with Crippen LogP contribution >= 0.6 is 0 Å². The number of nitrogens with zero attached hydrogens (tertiary/aromatic N) is 1. The van der Waals surface area contributed by atoms with Gasteiger partial charge in [0.15, 0.2) is 0 Å². The summed E-state index contributed by atoms with van der Waals surface area (Å²) >= 11 is 0. The lowest BCUT2D eigenvalue weighted by Gasteiger charge is -2.13. The molecule has 6 nitrogen and oxygen atoms in total. The van der Waals surface area contributed by atoms with Gasteiger partial charge >= 0.3 is 0 Å². The molecule has 1 aliphatic rings. The third-order valence-electron chi connectivity index (χ3n) is 5.33. The van der Waals surface area contributed by atoms with E-state index in [2.05, 4.69) is 5.32 Å². The van der Waals surface area contributed by atoms with E-state index >= 15 is 0 Å². The normalized spacial score (nSPS) is 12.9. The van der Waals surface area contributed by atoms with E-state index in [1.54, 1.807) is 12.1 Å². The van der Waals surface area contributed by atoms with Crippen LogP contribution in [0.25, 0.3) is 10.8 Å². The molecule has 3 amide bonds. The number of benzene rings is 3. The Morgan fingerprint density at radius 2 is 1.71 bits per heavy atom. The molecule has 0 radical (unpaired) electrons. The minimum atomic E-state index is -0.288. The van der Waals surface area contributed by atoms with E-state index in [0.717, 1.165) is 22.1 Å². The largest absolute Gasteiger partial charge is 0.492 e. The Labute approximate surface area is 180 Å². The summed E-state index contributed by atoms with van der Waals surface area (Å²) < 4.78 is 5.71. The molecule has 158 valence electrons. The van der Waals surface area contributed by atoms with Gasteiger partial charge in [0.25, 0.3) is 11.8 Å². The van der Waals surface area contributed by atoms with Crippen molar-refractivity contribution in [3.8, 4) is 5.75 Å². The van der Waals surface area contributed by atoms with Crippen molar-refractivity contribution >= 4 is 28.5 Å². The van der Waals surface area contributed by atoms with Crippen molar-refractivity contribution < 1.29 is 19.1 Å². The molecule has 0 bridgehead atoms. The lowest BCUT2D eigenvalue weighted by atomic mass is 10.1. The number of carbonyl (C=O) groups excluding carboxylic acids is 3. The van der Waals surface area contributed by atoms with Gasteiger partial charge in [-0.3, -0.25) is 19.3 Å². The Kier molecular flexibility index (Phi) is 5.98. The minimum absolute atomic E-state index is 0.130. The Bertz CT molecular complexity index is 1160. The predicted octanol–water partition coefficient (Wildman–Crippen LogP) is 3.72. The first-order chi connectivity index (χ1) is 15.0. The molecule has 1 heterocycles. The number of hydrogen-bond donors (Lipinski definition) is 1. The summed E-state index contributed by atoms with van der Waals surface area (Å²) in [6.07, 6.45) is 0.657. The van der Waals surface area contributed by atoms with Crippen LogP contribution in [-0.4, -0.2) is 42.3 Å². The minimum Gasteiger partial charge on any atom is -0.492 e. The smallest absolute Gasteiger partial charge is 0.261 e. The highest BCUT2D eigenvalue weighted by Crippen LogP contribution is 2.24. The first-order valence-corrected chi connectivity index (χ1v) is 10.4. The van der Waals surface area contributed by atoms with Gasteiger partial charge in [-0.05, 0) is 48.4 Å². The van der Waals surface area contributed by atoms with Crippen molar-refractivity contribution in [2.75, 3.05) is 19.7 Å². The molecule has 0 spiro atoms. The molecule has 6 heteroatoms. The maximum Gasteiger partial charge on any atom is 0.261 e. The van der Waals surface area contributed by atoms with E-state index in [-0.39, 0.29) is 30.7 Å². The van der Waals surface area contributed by atoms with Crippen LogP contribution in [0.5, 0.6) is 5.75 Å². The average Bonchev–Trinajstić information content (AvgIpc) is 3.00. The summed E-state index contributed by atoms with van der Waals surface area (Å²) in [5.74, 6) is 0.0560. The molecule has 4 rings (SSSR count). The van der Waals surface area contributed by atoms with E-state index in [1.807, 2.05) is 55.5 Å². The molecule has 0 unspecified atom stereocenters. The summed E-state index contributed by atoms with van der Waals surface area (Å²) in [5.41, 5.74) is 1.82. The first-order valence-electron chi connectivity index (χ1n) is 10.4. The van der Waals surface area contributed by atoms with Gasteiger partial charge in [-0.15, -0.1) is 0 Å². The second kappa shape index (κ2) is 9.00. The monoisotopic (exact) mass is 416 g/mol. The van der Waals surface area contributed by atoms with Gasteiger partial charge < -0.3 is 10.1 Å². The fourth-order valence-electron chi connectivity index (χ4n) is 3.71. The number of hydrogen-bond acceptors (Lipinski definition) is 4. The number of rotatable bonds is 8. The van der Waals surface area contributed by atoms with Crippen molar-refractivity contribution in [3.63, 3.8) is 0 Å². The van der Waals surface area contributed by atoms with Crippen LogP contribution in [0.3, 0.4) is 0 Å². The summed E-state index contributed by atoms with van der Waals surface area (Å²) in [7, 11) is 0. The second-order valence-corrected chi connectivity index (χ2v) is 7.62. The molecule has 3 aromatic carbocycles. The molecule has 0 aliphatic carbocycles. The molecule has 1 N–H and O–H groups in total. The summed E-state index contributed by atoms with van der Waals surface area (Å²) in [5, 5.41) is 5.06. The zero-order valence-corrected chi connectivity index (χ0v) is 17.4. The third-order valence-corrected chi connectivity index (χ3v) is 5.33. The van der Waals surface area contributed by atoms with Crippen molar-refractivity contribution in [2.24, 2.45) is 0 Å². The van der Waals surface area contributed by atoms with Gasteiger partial charge in [0.2, 0.25) is 5.91 Å². The van der Waals surface area contributed by atoms with Crippen molar-refractivity contribution in [3.05, 3.63) is 77.4 Å². The fraction of sp³-hybridized carbons (Fsp3) is 0.240. The van der Waals surface area contributed by atoms with E-state index in [1.165, 1.54) is 4.90 Å². The highest BCUT2D eigenvalue weighted by molar-refractivity contribution is 6.21. The molecule has 0 saturated carbocycles. The van der Waals surface area contributed by atoms with Crippen LogP contribution in [0.4, 0.5) is 0 Å². The van der Waals surface area contributed by atoms with Gasteiger partial charge in [-0.2, -0.15) is 0 Å². The lowest BCUT2D eigenvalue weighted by Crippen LogP contribution is -2.32. The summed E-state index contributed by atoms with van der Waals surface area (Å²) in [6, 6.07) is 19.2. The van der Waals surface area contributed by atoms with Gasteiger partial charge in [-0.25, -0.2) is 0 Å². The van der Waals surface area contributed by atoms with Gasteiger partial charge in [0.1, 0.15) is 12.4 Å². The number of ether oxygens (including phenoxy) is 1. The van der Waals surface area contributed by atoms with Crippen LogP contribution in [0.2, 0.25) is 0 Å². The standard InChI is InChI=1S/C25H24N2O4/c1-17-8-11-21-22(15-17)25(30)27(24(21)29)13-4-7-23(28)26-12-14-31-20-10-9-18-5-2-3-6-19(18)16-20/h2-3,5-6,8-11,15-16H,4,7,12-14H2,1H3,(H,26,28). The quantitative estimate of drug-likeness (QED) is 0.449. The highest BCUT2D eigenvalue weighted by atomic mass is 16.5. The summed E-state index contributed by atoms with van der Waals surface area (Å²) in [4.78, 5) is 38.2. The Hall–Kier alpha value is -3.67. The molecular formula is C25H24N2O4. The van der Waals surface area contributed by atoms with E-state index < -0.39 is 0 Å². The average molecular weight is 416 g/mol. The van der Waals surface area contributed by atoms with Crippen LogP contribution in [0.15, 0.2) is 60.7 Å². The zero-order chi connectivity index (χ0) is 21.8. The number of aryl methyl sites for hydroxylation is 1. The zero-order valence-electron chi connectivity index (χ0n) is 17.4. The van der Waals surface area contributed by atoms with Crippen LogP contribution in [0.1, 0.15) is 39.1 Å². The van der Waals surface area contributed by atoms with Gasteiger partial charge in [0, 0.05) is 13.0 Å². The topological polar surface area (TPSA) is 75.7 Å². The molecule has 0 atom stereocenters. The third kappa shape index (κ3) is 4.58. The maximum absolute atomic E-state index is 12.5. The molecule has 3 aromatic rings. The molecule has 1 aliphatic heterocycles. The van der Waals surface area contributed by atoms with Crippen molar-refractivity contribution in [2.45, 2.75) is 19.8 Å². The number of fused-ring (bicyclic) bond motifs is 2. The molecule has 0 aromatic heterocycles. The molecule has 0 saturated heterocycles. The lowest BCUT2D eigenvalue weighted by molar-refractivity contribution is -0.121. The second-order valence-electron chi connectivity index (χ2n) is 7.62. The van der Waals surface area contributed by atoms with E-state index in [4.69, 9.17) is 4.74 Å². The number of carbonyl (C=O) groups is 3. The van der Waals surface area contributed by atoms with Crippen LogP contribution in [0, 0.1) is 6.92 Å². The van der Waals surface area contributed by atoms with Crippen LogP contribution < -0.4 is 10.1 Å². The number of amides is 3. The first kappa shape index (κ1) is 20.6. The maximum atomic E-state index is 12.5. The molecule has 0 fully saturated rings. The number of nitrogens with one attached hydrogen (secondary N) is 1. The molecular weight excluding hydrogens is 392 g/mol. The number of imide groups is 1. The summed E-state index contributed by atoms with van der Waals surface area (Å²) in [6.45, 7) is 2.86. The molecule has 31 heavy (non-hydrogen) atoms. The Morgan fingerprint density at radius 3 is 2.55 bits per heavy atom. The van der Waals surface area contributed by atoms with E-state index in [0.29, 0.717) is 30.7 Å². The SMILES string of the molecule is Cc1ccc2c(c1)C(=O)N(CCCC(=O)NCCOc1ccc3ccccc3c1)C2=O. The Balaban J connectivity index is 1.18. The van der Waals surface area contributed by atoms with Gasteiger partial charge in [-0.1, -0.05) is 42.0 Å².